The summed E-state index contributed by atoms with van der Waals surface area (Å²) in [5.74, 6) is -9.51. The minimum Gasteiger partial charge on any atom is -0.207 e. The first-order valence-corrected chi connectivity index (χ1v) is 50.3. The van der Waals surface area contributed by atoms with Crippen molar-refractivity contribution in [1.82, 2.24) is 0 Å². The molecule has 18 rings (SSSR count). The number of alkyl halides is 12. The number of halogens is 24. The van der Waals surface area contributed by atoms with Gasteiger partial charge in [-0.2, -0.15) is 52.7 Å². The van der Waals surface area contributed by atoms with Gasteiger partial charge in [0.05, 0.1) is 87.6 Å². The lowest BCUT2D eigenvalue weighted by atomic mass is 10.2. The Morgan fingerprint density at radius 3 is 0.361 bits per heavy atom. The molecule has 144 heavy (non-hydrogen) atoms. The first-order valence-electron chi connectivity index (χ1n) is 43.0. The molecular formula is C114H78F24S6+6. The van der Waals surface area contributed by atoms with Crippen molar-refractivity contribution < 1.29 is 105 Å². The fraction of sp³-hybridized carbons (Fsp3) is 0.0526. The smallest absolute Gasteiger partial charge is 0.207 e. The summed E-state index contributed by atoms with van der Waals surface area (Å²) in [6.07, 6.45) is -17.5. The van der Waals surface area contributed by atoms with E-state index < -0.39 is 182 Å². The van der Waals surface area contributed by atoms with Gasteiger partial charge < -0.3 is 0 Å². The Kier molecular flexibility index (Phi) is 36.7. The molecule has 732 valence electrons. The van der Waals surface area contributed by atoms with E-state index in [4.69, 9.17) is 0 Å². The number of hydrogen-bond acceptors (Lipinski definition) is 0. The van der Waals surface area contributed by atoms with E-state index in [2.05, 4.69) is 0 Å². The van der Waals surface area contributed by atoms with Gasteiger partial charge in [-0.15, -0.1) is 0 Å². The van der Waals surface area contributed by atoms with Crippen molar-refractivity contribution in [2.75, 3.05) is 0 Å². The van der Waals surface area contributed by atoms with Crippen molar-refractivity contribution in [2.45, 2.75) is 127 Å². The third-order valence-corrected chi connectivity index (χ3v) is 33.7. The summed E-state index contributed by atoms with van der Waals surface area (Å²) in [4.78, 5) is 12.1. The molecule has 0 saturated carbocycles. The van der Waals surface area contributed by atoms with E-state index in [9.17, 15) is 105 Å². The van der Waals surface area contributed by atoms with Crippen LogP contribution in [0.3, 0.4) is 0 Å². The highest BCUT2D eigenvalue weighted by molar-refractivity contribution is 7.98. The molecule has 0 aliphatic rings. The maximum absolute atomic E-state index is 13.6. The monoisotopic (exact) mass is 2090 g/mol. The highest BCUT2D eigenvalue weighted by Gasteiger charge is 2.41. The van der Waals surface area contributed by atoms with Crippen molar-refractivity contribution in [2.24, 2.45) is 0 Å². The Morgan fingerprint density at radius 1 is 0.125 bits per heavy atom. The first kappa shape index (κ1) is 108. The zero-order valence-electron chi connectivity index (χ0n) is 75.1. The van der Waals surface area contributed by atoms with Crippen LogP contribution < -0.4 is 0 Å². The van der Waals surface area contributed by atoms with E-state index in [-0.39, 0.29) is 14.7 Å². The van der Waals surface area contributed by atoms with Crippen LogP contribution in [0, 0.1) is 83.7 Å². The Morgan fingerprint density at radius 2 is 0.229 bits per heavy atom. The lowest BCUT2D eigenvalue weighted by Crippen LogP contribution is -2.09. The molecule has 0 aliphatic heterocycles. The SMILES string of the molecule is Cc1ccc([S+](c2ccc(C(F)(F)F)cc2)c2ccc(C(F)(F)F)cc2)cc1.Cc1ccc([S+](c2ccccc2)c2ccc(C(F)(F)F)cc2)cc1.FC(F)(F)c1ccc([S+](c2ccccc2)c2ccccc2)cc1.Fc1cc(F)cc([S+](c2cc(F)cc(F)c2)c2cc(F)cc(F)c2)c1.Fc1cc(F)cc([S+](c2ccccc2)c2cc(F)cc(F)c2)c1.Fc1cc(F)cc([S+](c2ccccc2)c2ccccc2)c1. The molecule has 0 bridgehead atoms. The lowest BCUT2D eigenvalue weighted by molar-refractivity contribution is -0.138. The largest absolute Gasteiger partial charge is 0.416 e. The van der Waals surface area contributed by atoms with Gasteiger partial charge >= 0.3 is 24.7 Å². The minimum absolute atomic E-state index is 0.00694. The summed E-state index contributed by atoms with van der Waals surface area (Å²) in [6, 6.07) is 112. The van der Waals surface area contributed by atoms with Crippen molar-refractivity contribution in [3.05, 3.63) is 540 Å². The molecule has 30 heteroatoms. The predicted molar refractivity (Wildman–Crippen MR) is 518 cm³/mol. The van der Waals surface area contributed by atoms with Crippen molar-refractivity contribution in [3.8, 4) is 0 Å². The van der Waals surface area contributed by atoms with Gasteiger partial charge in [-0.05, 0) is 208 Å². The van der Waals surface area contributed by atoms with E-state index >= 15 is 0 Å². The van der Waals surface area contributed by atoms with Crippen molar-refractivity contribution in [1.29, 1.82) is 0 Å². The molecule has 0 N–H and O–H groups in total. The van der Waals surface area contributed by atoms with E-state index in [1.165, 1.54) is 60.7 Å². The van der Waals surface area contributed by atoms with Gasteiger partial charge in [0.25, 0.3) is 0 Å². The van der Waals surface area contributed by atoms with Gasteiger partial charge in [0.2, 0.25) is 0 Å². The molecule has 0 aliphatic carbocycles. The molecular weight excluding hydrogens is 2020 g/mol. The fourth-order valence-electron chi connectivity index (χ4n) is 14.1. The van der Waals surface area contributed by atoms with Gasteiger partial charge in [-0.1, -0.05) is 145 Å². The summed E-state index contributed by atoms with van der Waals surface area (Å²) in [5, 5.41) is 0. The van der Waals surface area contributed by atoms with Crippen LogP contribution in [0.4, 0.5) is 105 Å². The van der Waals surface area contributed by atoms with E-state index in [0.717, 1.165) is 158 Å². The lowest BCUT2D eigenvalue weighted by Gasteiger charge is -2.11. The third kappa shape index (κ3) is 30.3. The van der Waals surface area contributed by atoms with E-state index in [1.54, 1.807) is 54.6 Å². The molecule has 0 saturated heterocycles. The second-order valence-corrected chi connectivity index (χ2v) is 43.2. The molecule has 18 aromatic rings. The highest BCUT2D eigenvalue weighted by atomic mass is 32.2. The quantitative estimate of drug-likeness (QED) is 0.0593. The highest BCUT2D eigenvalue weighted by Crippen LogP contribution is 2.43. The van der Waals surface area contributed by atoms with Crippen LogP contribution in [0.1, 0.15) is 33.4 Å². The Labute approximate surface area is 831 Å². The van der Waals surface area contributed by atoms with Crippen LogP contribution in [0.5, 0.6) is 0 Å². The molecule has 0 nitrogen and oxygen atoms in total. The molecule has 0 amide bonds. The predicted octanol–water partition coefficient (Wildman–Crippen LogP) is 35.1. The van der Waals surface area contributed by atoms with E-state index in [1.807, 2.05) is 214 Å². The van der Waals surface area contributed by atoms with Crippen LogP contribution in [-0.2, 0) is 90.1 Å². The Hall–Kier alpha value is -13.6. The van der Waals surface area contributed by atoms with Gasteiger partial charge in [0, 0.05) is 109 Å². The van der Waals surface area contributed by atoms with Crippen molar-refractivity contribution >= 4 is 65.4 Å². The molecule has 1 unspecified atom stereocenters. The molecule has 18 aromatic carbocycles. The molecule has 0 heterocycles. The molecule has 0 fully saturated rings. The molecule has 1 atom stereocenters. The zero-order chi connectivity index (χ0) is 103. The summed E-state index contributed by atoms with van der Waals surface area (Å²) < 4.78 is 317. The maximum atomic E-state index is 13.6. The first-order chi connectivity index (χ1) is 68.6. The second kappa shape index (κ2) is 49.1. The zero-order valence-corrected chi connectivity index (χ0v) is 80.0. The summed E-state index contributed by atoms with van der Waals surface area (Å²) in [5.41, 5.74) is -0.611. The number of aryl methyl sites for hydroxylation is 2. The maximum Gasteiger partial charge on any atom is 0.416 e. The normalized spacial score (nSPS) is 11.7. The third-order valence-electron chi connectivity index (χ3n) is 20.5. The van der Waals surface area contributed by atoms with Gasteiger partial charge in [-0.25, -0.2) is 52.7 Å². The van der Waals surface area contributed by atoms with Crippen LogP contribution in [-0.4, -0.2) is 0 Å². The van der Waals surface area contributed by atoms with Crippen LogP contribution in [0.2, 0.25) is 0 Å². The number of rotatable bonds is 18. The molecule has 0 spiro atoms. The van der Waals surface area contributed by atoms with Crippen LogP contribution >= 0.6 is 0 Å². The summed E-state index contributed by atoms with van der Waals surface area (Å²) in [7, 11) is -4.72. The van der Waals surface area contributed by atoms with Crippen LogP contribution in [0.25, 0.3) is 0 Å². The van der Waals surface area contributed by atoms with Crippen molar-refractivity contribution in [3.63, 3.8) is 0 Å². The molecule has 0 aromatic heterocycles. The molecule has 0 radical (unpaired) electrons. The van der Waals surface area contributed by atoms with Crippen LogP contribution in [0.15, 0.2) is 525 Å². The Bertz CT molecular complexity index is 6770. The Balaban J connectivity index is 0.000000145. The number of hydrogen-bond donors (Lipinski definition) is 0. The van der Waals surface area contributed by atoms with Gasteiger partial charge in [0.1, 0.15) is 69.8 Å². The van der Waals surface area contributed by atoms with Gasteiger partial charge in [-0.3, -0.25) is 0 Å². The average Bonchev–Trinajstić information content (AvgIpc) is 0.798. The summed E-state index contributed by atoms with van der Waals surface area (Å²) >= 11 is 0. The fourth-order valence-corrected chi connectivity index (χ4v) is 26.8. The second-order valence-electron chi connectivity index (χ2n) is 31.1. The van der Waals surface area contributed by atoms with E-state index in [0.29, 0.717) is 47.6 Å². The standard InChI is InChI=1S/C21H15F6S.C20H16F3S.C19H14F3S.C18H9F6S.C18H11F4S.C18H13F2S/c1-14-2-8-17(9-3-14)28(18-10-4-15(5-11-18)20(22,23)24)19-12-6-16(7-13-19)21(25,26)27;1-15-7-11-18(12-8-15)24(17-5-3-2-4-6-17)19-13-9-16(10-14-19)20(21,22)23;20-19(21,22)15-11-13-18(14-12-15)23(16-7-3-1-4-8-16)17-9-5-2-6-10-17;19-10-1-11(20)5-16(4-10)25(17-6-12(21)2-13(22)7-17)18-8-14(23)3-15(24)9-18;19-12-6-13(20)9-17(8-12)23(16-4-2-1-3-5-16)18-10-14(21)7-15(22)11-18;19-14-11-15(20)13-18(12-14)21(16-7-3-1-4-8-16)17-9-5-2-6-10-17/h2-13H,1H3;2-14H,1H3;1-14H;1-9H;1-11H;1-13H/q6*+1. The topological polar surface area (TPSA) is 0 Å². The van der Waals surface area contributed by atoms with Gasteiger partial charge in [0.15, 0.2) is 88.1 Å². The average molecular weight is 2100 g/mol. The number of benzene rings is 18. The minimum atomic E-state index is -4.45. The summed E-state index contributed by atoms with van der Waals surface area (Å²) in [6.45, 7) is 3.92.